The van der Waals surface area contributed by atoms with Crippen molar-refractivity contribution in [1.82, 2.24) is 4.90 Å². The van der Waals surface area contributed by atoms with Gasteiger partial charge >= 0.3 is 0 Å². The van der Waals surface area contributed by atoms with Gasteiger partial charge in [-0.2, -0.15) is 0 Å². The van der Waals surface area contributed by atoms with Gasteiger partial charge in [-0.15, -0.1) is 28.7 Å². The number of anilines is 1. The van der Waals surface area contributed by atoms with E-state index < -0.39 is 0 Å². The molecule has 2 aromatic carbocycles. The van der Waals surface area contributed by atoms with E-state index in [1.807, 2.05) is 36.0 Å². The molecule has 0 saturated carbocycles. The van der Waals surface area contributed by atoms with Gasteiger partial charge in [-0.1, -0.05) is 88.4 Å². The fraction of sp³-hybridized carbons (Fsp3) is 0.500. The number of nitrogens with one attached hydrogen (secondary N) is 1. The Morgan fingerprint density at radius 2 is 1.70 bits per heavy atom. The van der Waals surface area contributed by atoms with E-state index in [-0.39, 0.29) is 22.9 Å². The van der Waals surface area contributed by atoms with Gasteiger partial charge in [0, 0.05) is 29.4 Å². The fourth-order valence-corrected chi connectivity index (χ4v) is 5.26. The van der Waals surface area contributed by atoms with Gasteiger partial charge in [-0.3, -0.25) is 4.79 Å². The van der Waals surface area contributed by atoms with Crippen LogP contribution in [0.3, 0.4) is 0 Å². The molecule has 1 amide bonds. The van der Waals surface area contributed by atoms with Gasteiger partial charge in [0.1, 0.15) is 5.75 Å². The Morgan fingerprint density at radius 1 is 1.00 bits per heavy atom. The second kappa shape index (κ2) is 17.8. The number of carbonyl (C=O) groups is 1. The van der Waals surface area contributed by atoms with E-state index in [4.69, 9.17) is 16.3 Å². The summed E-state index contributed by atoms with van der Waals surface area (Å²) >= 11 is 8.06. The normalized spacial score (nSPS) is 12.7. The molecule has 0 atom stereocenters. The summed E-state index contributed by atoms with van der Waals surface area (Å²) in [4.78, 5) is 16.6. The number of rotatable bonds is 16. The van der Waals surface area contributed by atoms with Crippen LogP contribution in [0.4, 0.5) is 5.69 Å². The van der Waals surface area contributed by atoms with E-state index >= 15 is 0 Å². The lowest BCUT2D eigenvalue weighted by atomic mass is 10.1. The number of allylic oxidation sites excluding steroid dienone is 1. The molecule has 37 heavy (non-hydrogen) atoms. The predicted octanol–water partition coefficient (Wildman–Crippen LogP) is 9.84. The topological polar surface area (TPSA) is 41.6 Å². The third-order valence-corrected chi connectivity index (χ3v) is 7.60. The van der Waals surface area contributed by atoms with E-state index in [1.54, 1.807) is 12.1 Å². The van der Waals surface area contributed by atoms with E-state index in [0.29, 0.717) is 28.6 Å². The van der Waals surface area contributed by atoms with Crippen LogP contribution in [0.1, 0.15) is 94.0 Å². The number of hydrogen-bond acceptors (Lipinski definition) is 4. The van der Waals surface area contributed by atoms with Crippen LogP contribution >= 0.6 is 40.3 Å². The van der Waals surface area contributed by atoms with Crippen molar-refractivity contribution in [3.05, 3.63) is 69.7 Å². The molecule has 2 aromatic rings. The first-order valence-corrected chi connectivity index (χ1v) is 14.8. The molecule has 0 fully saturated rings. The maximum Gasteiger partial charge on any atom is 0.255 e. The highest BCUT2D eigenvalue weighted by molar-refractivity contribution is 8.93. The van der Waals surface area contributed by atoms with Crippen LogP contribution in [-0.4, -0.2) is 23.3 Å². The lowest BCUT2D eigenvalue weighted by Crippen LogP contribution is -2.15. The second-order valence-electron chi connectivity index (χ2n) is 9.59. The number of ether oxygens (including phenoxy) is 1. The van der Waals surface area contributed by atoms with Crippen LogP contribution in [0.5, 0.6) is 5.75 Å². The summed E-state index contributed by atoms with van der Waals surface area (Å²) in [5.41, 5.74) is 2.40. The lowest BCUT2D eigenvalue weighted by Gasteiger charge is -2.16. The number of thioether (sulfide) groups is 1. The number of halogens is 2. The summed E-state index contributed by atoms with van der Waals surface area (Å²) < 4.78 is 6.03. The molecule has 1 heterocycles. The van der Waals surface area contributed by atoms with Gasteiger partial charge in [0.25, 0.3) is 5.91 Å². The quantitative estimate of drug-likeness (QED) is 0.192. The largest absolute Gasteiger partial charge is 0.491 e. The maximum absolute atomic E-state index is 13.0. The van der Waals surface area contributed by atoms with Crippen molar-refractivity contribution in [1.29, 1.82) is 0 Å². The number of nitrogens with zero attached hydrogens (tertiary/aromatic N) is 1. The molecule has 204 valence electrons. The monoisotopic (exact) mass is 608 g/mol. The summed E-state index contributed by atoms with van der Waals surface area (Å²) in [6.45, 7) is 5.79. The zero-order valence-electron chi connectivity index (χ0n) is 22.3. The van der Waals surface area contributed by atoms with E-state index in [1.165, 1.54) is 56.3 Å². The molecular formula is C30H42BrClN2O2S. The summed E-state index contributed by atoms with van der Waals surface area (Å²) in [6.07, 6.45) is 15.0. The Labute approximate surface area is 243 Å². The lowest BCUT2D eigenvalue weighted by molar-refractivity contribution is 0.102. The molecule has 0 saturated heterocycles. The van der Waals surface area contributed by atoms with Crippen molar-refractivity contribution < 1.29 is 9.53 Å². The van der Waals surface area contributed by atoms with Gasteiger partial charge < -0.3 is 15.0 Å². The van der Waals surface area contributed by atoms with Gasteiger partial charge in [0.05, 0.1) is 18.2 Å². The number of benzene rings is 2. The van der Waals surface area contributed by atoms with Crippen LogP contribution in [0.2, 0.25) is 5.02 Å². The second-order valence-corrected chi connectivity index (χ2v) is 11.2. The minimum absolute atomic E-state index is 0. The zero-order valence-corrected chi connectivity index (χ0v) is 25.6. The molecule has 0 spiro atoms. The van der Waals surface area contributed by atoms with Crippen LogP contribution < -0.4 is 10.1 Å². The third kappa shape index (κ3) is 11.7. The number of hydrogen-bond donors (Lipinski definition) is 1. The molecule has 7 heteroatoms. The molecule has 1 aliphatic heterocycles. The Kier molecular flexibility index (Phi) is 15.2. The van der Waals surface area contributed by atoms with Gasteiger partial charge in [0.2, 0.25) is 0 Å². The van der Waals surface area contributed by atoms with Crippen molar-refractivity contribution >= 4 is 51.9 Å². The summed E-state index contributed by atoms with van der Waals surface area (Å²) in [5, 5.41) is 3.62. The Balaban J connectivity index is 0.00000481. The Morgan fingerprint density at radius 3 is 2.38 bits per heavy atom. The van der Waals surface area contributed by atoms with E-state index in [9.17, 15) is 4.79 Å². The number of carbonyl (C=O) groups excluding carboxylic acids is 1. The predicted molar refractivity (Wildman–Crippen MR) is 165 cm³/mol. The molecule has 0 aliphatic carbocycles. The molecule has 0 radical (unpaired) electrons. The van der Waals surface area contributed by atoms with Crippen molar-refractivity contribution in [2.45, 2.75) is 84.6 Å². The first-order valence-electron chi connectivity index (χ1n) is 13.4. The van der Waals surface area contributed by atoms with Gasteiger partial charge in [0.15, 0.2) is 0 Å². The Hall–Kier alpha value is -1.63. The Bertz CT molecular complexity index is 1000. The number of unbranched alkanes of at least 4 members (excludes halogenated alkanes) is 9. The van der Waals surface area contributed by atoms with Gasteiger partial charge in [-0.25, -0.2) is 0 Å². The summed E-state index contributed by atoms with van der Waals surface area (Å²) in [6, 6.07) is 13.2. The summed E-state index contributed by atoms with van der Waals surface area (Å²) in [7, 11) is 0. The highest BCUT2D eigenvalue weighted by atomic mass is 79.9. The first-order chi connectivity index (χ1) is 17.5. The smallest absolute Gasteiger partial charge is 0.255 e. The third-order valence-electron chi connectivity index (χ3n) is 6.34. The zero-order chi connectivity index (χ0) is 25.6. The van der Waals surface area contributed by atoms with Crippen molar-refractivity contribution in [2.75, 3.05) is 17.8 Å². The molecule has 0 bridgehead atoms. The molecule has 3 rings (SSSR count). The molecule has 0 aromatic heterocycles. The van der Waals surface area contributed by atoms with Crippen LogP contribution in [0.25, 0.3) is 0 Å². The van der Waals surface area contributed by atoms with Crippen LogP contribution in [0, 0.1) is 0 Å². The molecular weight excluding hydrogens is 568 g/mol. The molecule has 0 unspecified atom stereocenters. The SMILES string of the molecule is Br.CCCCCCCCCCCCOc1cc(Cl)ccc1NC(=O)c1cccc(CN2C=C(C)SC2)c1. The van der Waals surface area contributed by atoms with Crippen molar-refractivity contribution in [3.63, 3.8) is 0 Å². The highest BCUT2D eigenvalue weighted by Crippen LogP contribution is 2.29. The minimum Gasteiger partial charge on any atom is -0.491 e. The maximum atomic E-state index is 13.0. The average Bonchev–Trinajstić information content (AvgIpc) is 3.28. The van der Waals surface area contributed by atoms with Crippen molar-refractivity contribution in [3.8, 4) is 5.75 Å². The molecule has 4 nitrogen and oxygen atoms in total. The molecule has 1 N–H and O–H groups in total. The van der Waals surface area contributed by atoms with Crippen LogP contribution in [-0.2, 0) is 6.54 Å². The number of amides is 1. The van der Waals surface area contributed by atoms with E-state index in [0.717, 1.165) is 30.8 Å². The first kappa shape index (κ1) is 31.6. The van der Waals surface area contributed by atoms with E-state index in [2.05, 4.69) is 36.3 Å². The standard InChI is InChI=1S/C30H41ClN2O2S.BrH/c1-3-4-5-6-7-8-9-10-11-12-18-35-29-20-27(31)16-17-28(29)32-30(34)26-15-13-14-25(19-26)22-33-21-24(2)36-23-33;/h13-17,19-21H,3-12,18,22-23H2,1-2H3,(H,32,34);1H. The highest BCUT2D eigenvalue weighted by Gasteiger charge is 2.14. The summed E-state index contributed by atoms with van der Waals surface area (Å²) in [5.74, 6) is 1.43. The minimum atomic E-state index is -0.148. The van der Waals surface area contributed by atoms with Crippen LogP contribution in [0.15, 0.2) is 53.6 Å². The average molecular weight is 610 g/mol. The van der Waals surface area contributed by atoms with Gasteiger partial charge in [-0.05, 0) is 48.1 Å². The van der Waals surface area contributed by atoms with Crippen molar-refractivity contribution in [2.24, 2.45) is 0 Å². The fourth-order valence-electron chi connectivity index (χ4n) is 4.34. The molecule has 1 aliphatic rings.